The zero-order valence-corrected chi connectivity index (χ0v) is 25.5. The number of aliphatic hydroxyl groups is 2. The number of carbonyl (C=O) groups excluding carboxylic acids is 1. The molecule has 0 saturated carbocycles. The third kappa shape index (κ3) is 13.4. The fraction of sp³-hybridized carbons (Fsp3) is 0.344. The van der Waals surface area contributed by atoms with Crippen LogP contribution in [0.3, 0.4) is 0 Å². The maximum absolute atomic E-state index is 11.3. The highest BCUT2D eigenvalue weighted by molar-refractivity contribution is 5.90. The lowest BCUT2D eigenvalue weighted by Crippen LogP contribution is -2.04. The van der Waals surface area contributed by atoms with Gasteiger partial charge in [0.15, 0.2) is 0 Å². The lowest BCUT2D eigenvalue weighted by atomic mass is 10.0. The van der Waals surface area contributed by atoms with Crippen molar-refractivity contribution in [2.45, 2.75) is 53.1 Å². The molecule has 0 radical (unpaired) electrons. The topological polar surface area (TPSA) is 178 Å². The molecule has 0 bridgehead atoms. The Balaban J connectivity index is 0.000000332. The molecule has 3 aromatic carbocycles. The standard InChI is InChI=1S/C11H14O5.C11H14O4.C10H12O3/c1-14-11(13)10-4-8(6-12)3-9(5-10)7-16-15-2;1-3-8-4-9(7-15-14-2)6-10(5-8)11(12)13;1-2-7-3-8(6-11)5-9(4-7)10(12)13/h3-5,12H,6-7H2,1-2H3;4-6H,3,7H2,1-2H3,(H,12,13);3-5,11H,2,6H2,1H3,(H,12,13). The maximum Gasteiger partial charge on any atom is 0.337 e. The molecular weight excluding hydrogens is 576 g/mol. The molecule has 240 valence electrons. The van der Waals surface area contributed by atoms with Crippen LogP contribution in [-0.2, 0) is 63.6 Å². The van der Waals surface area contributed by atoms with Crippen LogP contribution in [0.5, 0.6) is 0 Å². The van der Waals surface area contributed by atoms with E-state index >= 15 is 0 Å². The molecule has 0 spiro atoms. The Labute approximate surface area is 256 Å². The molecule has 12 heteroatoms. The van der Waals surface area contributed by atoms with Crippen molar-refractivity contribution >= 4 is 17.9 Å². The van der Waals surface area contributed by atoms with Crippen molar-refractivity contribution in [2.75, 3.05) is 21.3 Å². The Kier molecular flexibility index (Phi) is 17.8. The van der Waals surface area contributed by atoms with Gasteiger partial charge in [0.1, 0.15) is 13.2 Å². The summed E-state index contributed by atoms with van der Waals surface area (Å²) in [5.74, 6) is -2.33. The number of ether oxygens (including phenoxy) is 1. The number of aryl methyl sites for hydroxylation is 2. The Bertz CT molecular complexity index is 1330. The minimum absolute atomic E-state index is 0.117. The van der Waals surface area contributed by atoms with Crippen LogP contribution in [0.25, 0.3) is 0 Å². The number of carbonyl (C=O) groups is 3. The summed E-state index contributed by atoms with van der Waals surface area (Å²) in [7, 11) is 4.12. The molecule has 44 heavy (non-hydrogen) atoms. The van der Waals surface area contributed by atoms with E-state index < -0.39 is 17.9 Å². The number of esters is 1. The molecule has 0 saturated heterocycles. The van der Waals surface area contributed by atoms with Crippen molar-refractivity contribution < 1.29 is 59.1 Å². The van der Waals surface area contributed by atoms with Crippen molar-refractivity contribution in [3.8, 4) is 0 Å². The molecule has 0 aliphatic heterocycles. The molecule has 0 aromatic heterocycles. The smallest absolute Gasteiger partial charge is 0.337 e. The Morgan fingerprint density at radius 2 is 0.886 bits per heavy atom. The van der Waals surface area contributed by atoms with Crippen molar-refractivity contribution in [1.82, 2.24) is 0 Å². The SMILES string of the molecule is CCc1cc(CO)cc(C(=O)O)c1.CCc1cc(COOC)cc(C(=O)O)c1.COOCc1cc(CO)cc(C(=O)OC)c1. The number of rotatable bonds is 13. The quantitative estimate of drug-likeness (QED) is 0.120. The minimum Gasteiger partial charge on any atom is -0.478 e. The monoisotopic (exact) mass is 616 g/mol. The van der Waals surface area contributed by atoms with Crippen LogP contribution < -0.4 is 0 Å². The number of carboxylic acid groups (broad SMARTS) is 2. The van der Waals surface area contributed by atoms with Crippen LogP contribution >= 0.6 is 0 Å². The van der Waals surface area contributed by atoms with Gasteiger partial charge in [-0.3, -0.25) is 0 Å². The van der Waals surface area contributed by atoms with Gasteiger partial charge in [-0.1, -0.05) is 32.0 Å². The van der Waals surface area contributed by atoms with Gasteiger partial charge in [-0.25, -0.2) is 33.9 Å². The van der Waals surface area contributed by atoms with Gasteiger partial charge in [0.25, 0.3) is 0 Å². The first-order valence-electron chi connectivity index (χ1n) is 13.5. The van der Waals surface area contributed by atoms with Gasteiger partial charge in [-0.05, 0) is 82.6 Å². The number of hydrogen-bond donors (Lipinski definition) is 4. The summed E-state index contributed by atoms with van der Waals surface area (Å²) in [5.41, 5.74) is 5.61. The molecule has 0 heterocycles. The van der Waals surface area contributed by atoms with Crippen LogP contribution in [0.2, 0.25) is 0 Å². The van der Waals surface area contributed by atoms with Crippen LogP contribution in [0.4, 0.5) is 0 Å². The third-order valence-electron chi connectivity index (χ3n) is 5.94. The number of hydrogen-bond acceptors (Lipinski definition) is 10. The summed E-state index contributed by atoms with van der Waals surface area (Å²) in [4.78, 5) is 51.3. The van der Waals surface area contributed by atoms with E-state index in [-0.39, 0.29) is 37.6 Å². The predicted molar refractivity (Wildman–Crippen MR) is 159 cm³/mol. The van der Waals surface area contributed by atoms with E-state index in [9.17, 15) is 14.4 Å². The molecule has 0 aliphatic rings. The molecule has 3 rings (SSSR count). The molecule has 4 N–H and O–H groups in total. The summed E-state index contributed by atoms with van der Waals surface area (Å²) in [6.07, 6.45) is 1.56. The number of aromatic carboxylic acids is 2. The van der Waals surface area contributed by atoms with Gasteiger partial charge >= 0.3 is 17.9 Å². The summed E-state index contributed by atoms with van der Waals surface area (Å²) < 4.78 is 4.60. The van der Waals surface area contributed by atoms with E-state index in [2.05, 4.69) is 14.5 Å². The largest absolute Gasteiger partial charge is 0.478 e. The van der Waals surface area contributed by atoms with Crippen LogP contribution in [0.1, 0.15) is 78.3 Å². The third-order valence-corrected chi connectivity index (χ3v) is 5.94. The Morgan fingerprint density at radius 3 is 1.25 bits per heavy atom. The average molecular weight is 617 g/mol. The molecule has 3 aromatic rings. The fourth-order valence-electron chi connectivity index (χ4n) is 3.78. The Morgan fingerprint density at radius 1 is 0.545 bits per heavy atom. The van der Waals surface area contributed by atoms with Crippen LogP contribution in [0.15, 0.2) is 54.6 Å². The average Bonchev–Trinajstić information content (AvgIpc) is 3.05. The summed E-state index contributed by atoms with van der Waals surface area (Å²) in [6.45, 7) is 4.11. The maximum atomic E-state index is 11.3. The number of carboxylic acids is 2. The van der Waals surface area contributed by atoms with Gasteiger partial charge in [0.05, 0.1) is 51.2 Å². The van der Waals surface area contributed by atoms with E-state index in [0.717, 1.165) is 35.1 Å². The van der Waals surface area contributed by atoms with Gasteiger partial charge in [-0.15, -0.1) is 0 Å². The summed E-state index contributed by atoms with van der Waals surface area (Å²) in [5, 5.41) is 35.5. The van der Waals surface area contributed by atoms with Crippen molar-refractivity contribution in [3.63, 3.8) is 0 Å². The first-order valence-corrected chi connectivity index (χ1v) is 13.5. The molecule has 0 amide bonds. The second-order valence-electron chi connectivity index (χ2n) is 9.10. The first-order chi connectivity index (χ1) is 21.0. The van der Waals surface area contributed by atoms with Crippen molar-refractivity contribution in [3.05, 3.63) is 105 Å². The second kappa shape index (κ2) is 20.7. The van der Waals surface area contributed by atoms with Gasteiger partial charge in [-0.2, -0.15) is 0 Å². The zero-order valence-electron chi connectivity index (χ0n) is 25.5. The zero-order chi connectivity index (χ0) is 33.1. The van der Waals surface area contributed by atoms with E-state index in [1.54, 1.807) is 36.4 Å². The highest BCUT2D eigenvalue weighted by Gasteiger charge is 2.09. The van der Waals surface area contributed by atoms with Gasteiger partial charge in [0.2, 0.25) is 0 Å². The van der Waals surface area contributed by atoms with Gasteiger partial charge < -0.3 is 25.2 Å². The Hall–Kier alpha value is -4.17. The first kappa shape index (κ1) is 37.9. The highest BCUT2D eigenvalue weighted by atomic mass is 17.2. The van der Waals surface area contributed by atoms with E-state index in [4.69, 9.17) is 30.2 Å². The van der Waals surface area contributed by atoms with Crippen LogP contribution in [-0.4, -0.2) is 59.7 Å². The second-order valence-corrected chi connectivity index (χ2v) is 9.10. The van der Waals surface area contributed by atoms with Crippen molar-refractivity contribution in [2.24, 2.45) is 0 Å². The number of aliphatic hydroxyl groups excluding tert-OH is 2. The van der Waals surface area contributed by atoms with Crippen molar-refractivity contribution in [1.29, 1.82) is 0 Å². The molecule has 0 aliphatic carbocycles. The number of methoxy groups -OCH3 is 1. The fourth-order valence-corrected chi connectivity index (χ4v) is 3.78. The summed E-state index contributed by atoms with van der Waals surface area (Å²) >= 11 is 0. The number of benzene rings is 3. The van der Waals surface area contributed by atoms with Crippen LogP contribution in [0, 0.1) is 0 Å². The van der Waals surface area contributed by atoms with E-state index in [1.807, 2.05) is 26.0 Å². The van der Waals surface area contributed by atoms with E-state index in [1.165, 1.54) is 27.4 Å². The molecular formula is C32H40O12. The molecule has 12 nitrogen and oxygen atoms in total. The summed E-state index contributed by atoms with van der Waals surface area (Å²) in [6, 6.07) is 15.0. The minimum atomic E-state index is -0.954. The molecule has 0 unspecified atom stereocenters. The lowest BCUT2D eigenvalue weighted by molar-refractivity contribution is -0.282. The molecule has 0 fully saturated rings. The molecule has 0 atom stereocenters. The van der Waals surface area contributed by atoms with Gasteiger partial charge in [0, 0.05) is 0 Å². The highest BCUT2D eigenvalue weighted by Crippen LogP contribution is 2.14. The van der Waals surface area contributed by atoms with E-state index in [0.29, 0.717) is 16.7 Å². The lowest BCUT2D eigenvalue weighted by Gasteiger charge is -2.06. The predicted octanol–water partition coefficient (Wildman–Crippen LogP) is 4.51. The normalized spacial score (nSPS) is 10.2.